The number of nitrogens with one attached hydrogen (secondary N) is 1. The summed E-state index contributed by atoms with van der Waals surface area (Å²) in [7, 11) is 3.35. The third-order valence-electron chi connectivity index (χ3n) is 6.81. The molecule has 190 valence electrons. The Balaban J connectivity index is 1.08. The molecule has 1 heterocycles. The molecular weight excluding hydrogens is 464 g/mol. The lowest BCUT2D eigenvalue weighted by Gasteiger charge is -2.29. The van der Waals surface area contributed by atoms with Crippen LogP contribution in [0.2, 0.25) is 0 Å². The first-order valence-corrected chi connectivity index (χ1v) is 12.6. The quantitative estimate of drug-likeness (QED) is 0.291. The molecule has 0 atom stereocenters. The third kappa shape index (κ3) is 5.87. The van der Waals surface area contributed by atoms with Gasteiger partial charge in [0.15, 0.2) is 11.5 Å². The van der Waals surface area contributed by atoms with Crippen LogP contribution in [0.1, 0.15) is 27.9 Å². The van der Waals surface area contributed by atoms with E-state index in [2.05, 4.69) is 22.3 Å². The highest BCUT2D eigenvalue weighted by Gasteiger charge is 2.19. The van der Waals surface area contributed by atoms with E-state index < -0.39 is 0 Å². The summed E-state index contributed by atoms with van der Waals surface area (Å²) in [6.07, 6.45) is 1.94. The van der Waals surface area contributed by atoms with Crippen LogP contribution in [0, 0.1) is 0 Å². The van der Waals surface area contributed by atoms with Gasteiger partial charge in [-0.3, -0.25) is 9.69 Å². The zero-order valence-electron chi connectivity index (χ0n) is 21.3. The molecule has 0 bridgehead atoms. The molecule has 4 aromatic carbocycles. The summed E-state index contributed by atoms with van der Waals surface area (Å²) in [4.78, 5) is 15.1. The molecule has 0 aliphatic carbocycles. The largest absolute Gasteiger partial charge is 0.494 e. The average Bonchev–Trinajstić information content (AvgIpc) is 2.95. The van der Waals surface area contributed by atoms with Gasteiger partial charge in [0.1, 0.15) is 5.75 Å². The number of fused-ring (bicyclic) bond motifs is 2. The molecule has 1 aliphatic heterocycles. The van der Waals surface area contributed by atoms with Crippen LogP contribution in [0.15, 0.2) is 78.9 Å². The number of carbonyl (C=O) groups is 1. The molecule has 0 saturated carbocycles. The number of anilines is 1. The molecule has 0 radical (unpaired) electrons. The topological polar surface area (TPSA) is 60.0 Å². The minimum absolute atomic E-state index is 0.126. The molecule has 1 aliphatic rings. The van der Waals surface area contributed by atoms with Crippen molar-refractivity contribution in [3.63, 3.8) is 0 Å². The third-order valence-corrected chi connectivity index (χ3v) is 6.81. The van der Waals surface area contributed by atoms with E-state index in [-0.39, 0.29) is 5.91 Å². The first-order chi connectivity index (χ1) is 18.1. The van der Waals surface area contributed by atoms with Crippen molar-refractivity contribution < 1.29 is 19.0 Å². The fourth-order valence-corrected chi connectivity index (χ4v) is 4.78. The van der Waals surface area contributed by atoms with Crippen molar-refractivity contribution in [1.29, 1.82) is 0 Å². The van der Waals surface area contributed by atoms with Crippen molar-refractivity contribution in [2.45, 2.75) is 19.4 Å². The standard InChI is InChI=1S/C31H32N2O4/c1-35-29-19-24-14-16-33(21-26(24)20-30(29)36-2)15-5-17-37-28-12-10-27(11-13-28)32-31(34)25-9-8-22-6-3-4-7-23(22)18-25/h3-4,6-13,18-20H,5,14-17,21H2,1-2H3,(H,32,34). The van der Waals surface area contributed by atoms with Gasteiger partial charge >= 0.3 is 0 Å². The lowest BCUT2D eigenvalue weighted by Crippen LogP contribution is -2.32. The number of hydrogen-bond donors (Lipinski definition) is 1. The Kier molecular flexibility index (Phi) is 7.57. The van der Waals surface area contributed by atoms with E-state index >= 15 is 0 Å². The maximum Gasteiger partial charge on any atom is 0.255 e. The van der Waals surface area contributed by atoms with Crippen LogP contribution >= 0.6 is 0 Å². The summed E-state index contributed by atoms with van der Waals surface area (Å²) in [6, 6.07) is 25.5. The van der Waals surface area contributed by atoms with Gasteiger partial charge < -0.3 is 19.5 Å². The number of rotatable bonds is 9. The highest BCUT2D eigenvalue weighted by Crippen LogP contribution is 2.33. The SMILES string of the molecule is COc1cc2c(cc1OC)CN(CCCOc1ccc(NC(=O)c3ccc4ccccc4c3)cc1)CC2. The minimum atomic E-state index is -0.126. The summed E-state index contributed by atoms with van der Waals surface area (Å²) in [5.41, 5.74) is 4.01. The van der Waals surface area contributed by atoms with Gasteiger partial charge in [0.05, 0.1) is 20.8 Å². The van der Waals surface area contributed by atoms with Gasteiger partial charge in [0, 0.05) is 30.9 Å². The summed E-state index contributed by atoms with van der Waals surface area (Å²) < 4.78 is 16.9. The van der Waals surface area contributed by atoms with Gasteiger partial charge in [-0.2, -0.15) is 0 Å². The predicted molar refractivity (Wildman–Crippen MR) is 147 cm³/mol. The highest BCUT2D eigenvalue weighted by atomic mass is 16.5. The number of methoxy groups -OCH3 is 2. The molecule has 0 spiro atoms. The Morgan fingerprint density at radius 2 is 1.59 bits per heavy atom. The van der Waals surface area contributed by atoms with Crippen LogP contribution < -0.4 is 19.5 Å². The Hall–Kier alpha value is -4.03. The van der Waals surface area contributed by atoms with E-state index in [0.717, 1.165) is 66.2 Å². The Bertz CT molecular complexity index is 1380. The lowest BCUT2D eigenvalue weighted by atomic mass is 9.98. The second kappa shape index (κ2) is 11.4. The van der Waals surface area contributed by atoms with Crippen LogP contribution in [0.4, 0.5) is 5.69 Å². The summed E-state index contributed by atoms with van der Waals surface area (Å²) in [6.45, 7) is 3.53. The molecule has 0 aromatic heterocycles. The van der Waals surface area contributed by atoms with Crippen LogP contribution in [0.5, 0.6) is 17.2 Å². The minimum Gasteiger partial charge on any atom is -0.494 e. The van der Waals surface area contributed by atoms with E-state index in [9.17, 15) is 4.79 Å². The monoisotopic (exact) mass is 496 g/mol. The van der Waals surface area contributed by atoms with E-state index in [1.807, 2.05) is 66.7 Å². The highest BCUT2D eigenvalue weighted by molar-refractivity contribution is 6.06. The fraction of sp³-hybridized carbons (Fsp3) is 0.258. The molecule has 1 N–H and O–H groups in total. The molecule has 0 unspecified atom stereocenters. The fourth-order valence-electron chi connectivity index (χ4n) is 4.78. The lowest BCUT2D eigenvalue weighted by molar-refractivity contribution is 0.102. The summed E-state index contributed by atoms with van der Waals surface area (Å²) >= 11 is 0. The number of nitrogens with zero attached hydrogens (tertiary/aromatic N) is 1. The molecule has 5 rings (SSSR count). The second-order valence-electron chi connectivity index (χ2n) is 9.24. The molecule has 0 saturated heterocycles. The molecule has 37 heavy (non-hydrogen) atoms. The Labute approximate surface area is 217 Å². The second-order valence-corrected chi connectivity index (χ2v) is 9.24. The average molecular weight is 497 g/mol. The number of benzene rings is 4. The maximum absolute atomic E-state index is 12.7. The van der Waals surface area contributed by atoms with Crippen LogP contribution in [-0.4, -0.2) is 44.7 Å². The van der Waals surface area contributed by atoms with Crippen molar-refractivity contribution in [2.24, 2.45) is 0 Å². The van der Waals surface area contributed by atoms with Gasteiger partial charge in [-0.15, -0.1) is 0 Å². The summed E-state index contributed by atoms with van der Waals surface area (Å²) in [5.74, 6) is 2.24. The predicted octanol–water partition coefficient (Wildman–Crippen LogP) is 5.94. The molecule has 6 nitrogen and oxygen atoms in total. The number of carbonyl (C=O) groups excluding carboxylic acids is 1. The molecule has 0 fully saturated rings. The zero-order valence-corrected chi connectivity index (χ0v) is 21.3. The van der Waals surface area contributed by atoms with Gasteiger partial charge in [0.2, 0.25) is 0 Å². The Morgan fingerprint density at radius 1 is 0.865 bits per heavy atom. The molecule has 6 heteroatoms. The van der Waals surface area contributed by atoms with Crippen molar-refractivity contribution in [3.8, 4) is 17.2 Å². The number of ether oxygens (including phenoxy) is 3. The number of amides is 1. The van der Waals surface area contributed by atoms with Crippen molar-refractivity contribution in [1.82, 2.24) is 4.90 Å². The zero-order chi connectivity index (χ0) is 25.6. The Morgan fingerprint density at radius 3 is 2.35 bits per heavy atom. The summed E-state index contributed by atoms with van der Waals surface area (Å²) in [5, 5.41) is 5.13. The van der Waals surface area contributed by atoms with Crippen LogP contribution in [0.3, 0.4) is 0 Å². The van der Waals surface area contributed by atoms with Gasteiger partial charge in [-0.05, 0) is 83.3 Å². The molecule has 1 amide bonds. The van der Waals surface area contributed by atoms with E-state index in [0.29, 0.717) is 12.2 Å². The first-order valence-electron chi connectivity index (χ1n) is 12.6. The molecular formula is C31H32N2O4. The normalized spacial score (nSPS) is 13.1. The number of hydrogen-bond acceptors (Lipinski definition) is 5. The molecule has 4 aromatic rings. The maximum atomic E-state index is 12.7. The van der Waals surface area contributed by atoms with Gasteiger partial charge in [-0.1, -0.05) is 30.3 Å². The van der Waals surface area contributed by atoms with Crippen molar-refractivity contribution >= 4 is 22.4 Å². The van der Waals surface area contributed by atoms with Gasteiger partial charge in [0.25, 0.3) is 5.91 Å². The van der Waals surface area contributed by atoms with Crippen LogP contribution in [-0.2, 0) is 13.0 Å². The van der Waals surface area contributed by atoms with Gasteiger partial charge in [-0.25, -0.2) is 0 Å². The smallest absolute Gasteiger partial charge is 0.255 e. The van der Waals surface area contributed by atoms with Crippen molar-refractivity contribution in [3.05, 3.63) is 95.6 Å². The van der Waals surface area contributed by atoms with E-state index in [4.69, 9.17) is 14.2 Å². The van der Waals surface area contributed by atoms with Crippen LogP contribution in [0.25, 0.3) is 10.8 Å². The van der Waals surface area contributed by atoms with E-state index in [1.165, 1.54) is 11.1 Å². The van der Waals surface area contributed by atoms with E-state index in [1.54, 1.807) is 14.2 Å². The first kappa shape index (κ1) is 24.7. The van der Waals surface area contributed by atoms with Crippen molar-refractivity contribution in [2.75, 3.05) is 39.2 Å².